The molecule has 1 nitrogen and oxygen atoms in total. The van der Waals surface area contributed by atoms with Crippen molar-refractivity contribution in [2.24, 2.45) is 0 Å². The maximum absolute atomic E-state index is 14.4. The Bertz CT molecular complexity index is 1360. The lowest BCUT2D eigenvalue weighted by atomic mass is 9.78. The van der Waals surface area contributed by atoms with Crippen molar-refractivity contribution in [2.45, 2.75) is 24.7 Å². The summed E-state index contributed by atoms with van der Waals surface area (Å²) in [5.41, 5.74) is -2.73. The molecular formula is C25H15F6N. The summed E-state index contributed by atoms with van der Waals surface area (Å²) in [4.78, 5) is 4.38. The number of benzene rings is 3. The first-order valence-electron chi connectivity index (χ1n) is 9.79. The van der Waals surface area contributed by atoms with Gasteiger partial charge in [0.1, 0.15) is 5.41 Å². The second-order valence-electron chi connectivity index (χ2n) is 8.02. The molecule has 0 bridgehead atoms. The largest absolute Gasteiger partial charge is 0.416 e. The Kier molecular flexibility index (Phi) is 4.22. The Morgan fingerprint density at radius 1 is 0.750 bits per heavy atom. The van der Waals surface area contributed by atoms with Crippen molar-refractivity contribution in [3.63, 3.8) is 0 Å². The van der Waals surface area contributed by atoms with Gasteiger partial charge in [0.25, 0.3) is 0 Å². The van der Waals surface area contributed by atoms with E-state index in [1.807, 2.05) is 24.3 Å². The number of alkyl halides is 6. The first-order valence-corrected chi connectivity index (χ1v) is 9.79. The highest BCUT2D eigenvalue weighted by atomic mass is 19.4. The van der Waals surface area contributed by atoms with Crippen molar-refractivity contribution >= 4 is 10.8 Å². The molecule has 162 valence electrons. The molecule has 0 fully saturated rings. The summed E-state index contributed by atoms with van der Waals surface area (Å²) in [6.07, 6.45) is -7.96. The van der Waals surface area contributed by atoms with Crippen LogP contribution in [0.2, 0.25) is 0 Å². The maximum Gasteiger partial charge on any atom is 0.416 e. The van der Waals surface area contributed by atoms with E-state index in [0.717, 1.165) is 29.8 Å². The number of hydrogen-bond acceptors (Lipinski definition) is 1. The van der Waals surface area contributed by atoms with Gasteiger partial charge in [-0.1, -0.05) is 42.5 Å². The van der Waals surface area contributed by atoms with E-state index in [4.69, 9.17) is 0 Å². The van der Waals surface area contributed by atoms with Gasteiger partial charge in [-0.25, -0.2) is 0 Å². The molecule has 0 radical (unpaired) electrons. The van der Waals surface area contributed by atoms with E-state index in [2.05, 4.69) is 4.98 Å². The second-order valence-corrected chi connectivity index (χ2v) is 8.02. The minimum atomic E-state index is -4.80. The zero-order chi connectivity index (χ0) is 22.9. The quantitative estimate of drug-likeness (QED) is 0.274. The van der Waals surface area contributed by atoms with E-state index >= 15 is 0 Å². The Morgan fingerprint density at radius 2 is 1.41 bits per heavy atom. The van der Waals surface area contributed by atoms with Gasteiger partial charge >= 0.3 is 12.4 Å². The number of nitrogens with zero attached hydrogens (tertiary/aromatic N) is 1. The Hall–Kier alpha value is -3.35. The maximum atomic E-state index is 14.4. The molecule has 0 aliphatic heterocycles. The molecule has 1 aliphatic carbocycles. The number of rotatable bonds is 1. The zero-order valence-electron chi connectivity index (χ0n) is 16.6. The topological polar surface area (TPSA) is 12.9 Å². The number of aromatic nitrogens is 1. The van der Waals surface area contributed by atoms with E-state index in [-0.39, 0.29) is 16.7 Å². The fourth-order valence-corrected chi connectivity index (χ4v) is 4.51. The predicted octanol–water partition coefficient (Wildman–Crippen LogP) is 7.77. The molecule has 0 saturated heterocycles. The fraction of sp³-hybridized carbons (Fsp3) is 0.160. The van der Waals surface area contributed by atoms with Gasteiger partial charge in [-0.15, -0.1) is 0 Å². The van der Waals surface area contributed by atoms with Gasteiger partial charge in [0.05, 0.1) is 11.3 Å². The van der Waals surface area contributed by atoms with Crippen LogP contribution in [0.3, 0.4) is 0 Å². The van der Waals surface area contributed by atoms with Crippen molar-refractivity contribution in [1.82, 2.24) is 4.98 Å². The van der Waals surface area contributed by atoms with Gasteiger partial charge in [-0.05, 0) is 58.8 Å². The van der Waals surface area contributed by atoms with Gasteiger partial charge in [0, 0.05) is 17.1 Å². The highest BCUT2D eigenvalue weighted by molar-refractivity contribution is 5.95. The van der Waals surface area contributed by atoms with Gasteiger partial charge in [0.2, 0.25) is 0 Å². The molecule has 1 aromatic heterocycles. The average Bonchev–Trinajstić information content (AvgIpc) is 3.01. The van der Waals surface area contributed by atoms with Crippen LogP contribution in [0.15, 0.2) is 72.9 Å². The first-order chi connectivity index (χ1) is 15.0. The normalized spacial score (nSPS) is 18.0. The van der Waals surface area contributed by atoms with E-state index in [0.29, 0.717) is 17.3 Å². The van der Waals surface area contributed by atoms with Crippen LogP contribution in [0.1, 0.15) is 23.6 Å². The monoisotopic (exact) mass is 443 g/mol. The molecule has 0 N–H and O–H groups in total. The van der Waals surface area contributed by atoms with Crippen LogP contribution in [0.4, 0.5) is 26.3 Å². The molecule has 1 heterocycles. The van der Waals surface area contributed by atoms with Crippen molar-refractivity contribution in [1.29, 1.82) is 0 Å². The molecule has 4 aromatic rings. The summed E-state index contributed by atoms with van der Waals surface area (Å²) in [7, 11) is 0. The first kappa shape index (κ1) is 20.5. The van der Waals surface area contributed by atoms with Crippen LogP contribution in [-0.2, 0) is 11.6 Å². The Morgan fingerprint density at radius 3 is 2.09 bits per heavy atom. The van der Waals surface area contributed by atoms with Crippen molar-refractivity contribution in [2.75, 3.05) is 0 Å². The fourth-order valence-electron chi connectivity index (χ4n) is 4.51. The van der Waals surface area contributed by atoms with E-state index in [1.165, 1.54) is 12.1 Å². The molecule has 1 aliphatic rings. The molecule has 0 amide bonds. The van der Waals surface area contributed by atoms with Crippen LogP contribution < -0.4 is 0 Å². The number of hydrogen-bond donors (Lipinski definition) is 0. The predicted molar refractivity (Wildman–Crippen MR) is 110 cm³/mol. The Balaban J connectivity index is 1.77. The standard InChI is InChI=1S/C25H15F6N/c1-23(25(29,30)31)20-12-15(22-17-5-3-2-4-14(17)10-11-32-22)6-8-18(20)19-9-7-16(13-21(19)23)24(26,27)28/h2-13H,1H3. The zero-order valence-corrected chi connectivity index (χ0v) is 16.6. The molecule has 5 rings (SSSR count). The number of halogens is 6. The lowest BCUT2D eigenvalue weighted by Gasteiger charge is -2.30. The SMILES string of the molecule is CC1(C(F)(F)F)c2cc(-c3nccc4ccccc34)ccc2-c2ccc(C(F)(F)F)cc21. The highest BCUT2D eigenvalue weighted by Gasteiger charge is 2.58. The van der Waals surface area contributed by atoms with Crippen LogP contribution in [0.5, 0.6) is 0 Å². The van der Waals surface area contributed by atoms with Gasteiger partial charge in [0.15, 0.2) is 0 Å². The third-order valence-corrected chi connectivity index (χ3v) is 6.25. The molecule has 7 heteroatoms. The summed E-state index contributed by atoms with van der Waals surface area (Å²) in [5.74, 6) is 0. The molecule has 0 spiro atoms. The van der Waals surface area contributed by atoms with Gasteiger partial charge in [-0.3, -0.25) is 4.98 Å². The van der Waals surface area contributed by atoms with Crippen LogP contribution in [-0.4, -0.2) is 11.2 Å². The van der Waals surface area contributed by atoms with Crippen molar-refractivity contribution in [3.05, 3.63) is 89.6 Å². The molecule has 32 heavy (non-hydrogen) atoms. The third-order valence-electron chi connectivity index (χ3n) is 6.25. The minimum absolute atomic E-state index is 0.0773. The van der Waals surface area contributed by atoms with Crippen LogP contribution in [0.25, 0.3) is 33.2 Å². The number of pyridine rings is 1. The van der Waals surface area contributed by atoms with Crippen molar-refractivity contribution < 1.29 is 26.3 Å². The average molecular weight is 443 g/mol. The summed E-state index contributed by atoms with van der Waals surface area (Å²) < 4.78 is 83.1. The molecular weight excluding hydrogens is 428 g/mol. The van der Waals surface area contributed by atoms with Crippen LogP contribution in [0, 0.1) is 0 Å². The smallest absolute Gasteiger partial charge is 0.256 e. The summed E-state index contributed by atoms with van der Waals surface area (Å²) in [6.45, 7) is 0.943. The van der Waals surface area contributed by atoms with Crippen molar-refractivity contribution in [3.8, 4) is 22.4 Å². The van der Waals surface area contributed by atoms with E-state index in [9.17, 15) is 26.3 Å². The van der Waals surface area contributed by atoms with E-state index < -0.39 is 28.9 Å². The molecule has 3 aromatic carbocycles. The van der Waals surface area contributed by atoms with Gasteiger partial charge < -0.3 is 0 Å². The lowest BCUT2D eigenvalue weighted by Crippen LogP contribution is -2.39. The minimum Gasteiger partial charge on any atom is -0.256 e. The van der Waals surface area contributed by atoms with Crippen LogP contribution >= 0.6 is 0 Å². The lowest BCUT2D eigenvalue weighted by molar-refractivity contribution is -0.172. The number of fused-ring (bicyclic) bond motifs is 4. The Labute approximate surface area is 179 Å². The third kappa shape index (κ3) is 2.83. The summed E-state index contributed by atoms with van der Waals surface area (Å²) in [6, 6.07) is 16.4. The highest BCUT2D eigenvalue weighted by Crippen LogP contribution is 2.57. The summed E-state index contributed by atoms with van der Waals surface area (Å²) in [5, 5.41) is 1.66. The molecule has 1 atom stereocenters. The second kappa shape index (κ2) is 6.58. The van der Waals surface area contributed by atoms with E-state index in [1.54, 1.807) is 18.3 Å². The summed E-state index contributed by atoms with van der Waals surface area (Å²) >= 11 is 0. The van der Waals surface area contributed by atoms with Gasteiger partial charge in [-0.2, -0.15) is 26.3 Å². The molecule has 0 saturated carbocycles. The molecule has 1 unspecified atom stereocenters.